The molecule has 8 heteroatoms. The molecule has 0 aromatic carbocycles. The summed E-state index contributed by atoms with van der Waals surface area (Å²) >= 11 is 3.00. The molecule has 0 aliphatic rings. The van der Waals surface area contributed by atoms with Crippen LogP contribution in [-0.4, -0.2) is 34.1 Å². The first-order valence-corrected chi connectivity index (χ1v) is 5.70. The summed E-state index contributed by atoms with van der Waals surface area (Å²) in [5.74, 6) is -3.19. The Bertz CT molecular complexity index is 469. The lowest BCUT2D eigenvalue weighted by molar-refractivity contribution is -0.140. The first-order valence-electron chi connectivity index (χ1n) is 4.91. The maximum Gasteiger partial charge on any atom is 0.326 e. The van der Waals surface area contributed by atoms with E-state index in [2.05, 4.69) is 21.2 Å². The fourth-order valence-corrected chi connectivity index (χ4v) is 1.50. The molecule has 0 fully saturated rings. The molecule has 0 saturated heterocycles. The average Bonchev–Trinajstić information content (AvgIpc) is 2.70. The van der Waals surface area contributed by atoms with Crippen LogP contribution in [0.25, 0.3) is 0 Å². The van der Waals surface area contributed by atoms with Crippen LogP contribution in [0.3, 0.4) is 0 Å². The van der Waals surface area contributed by atoms with Crippen molar-refractivity contribution < 1.29 is 29.0 Å². The highest BCUT2D eigenvalue weighted by molar-refractivity contribution is 9.10. The van der Waals surface area contributed by atoms with E-state index >= 15 is 0 Å². The Morgan fingerprint density at radius 3 is 2.44 bits per heavy atom. The third-order valence-electron chi connectivity index (χ3n) is 2.05. The molecular weight excluding hydrogens is 310 g/mol. The molecule has 0 radical (unpaired) electrons. The highest BCUT2D eigenvalue weighted by Gasteiger charge is 2.22. The second-order valence-electron chi connectivity index (χ2n) is 3.40. The van der Waals surface area contributed by atoms with Gasteiger partial charge in [0.1, 0.15) is 6.04 Å². The van der Waals surface area contributed by atoms with Crippen LogP contribution in [0.1, 0.15) is 23.4 Å². The molecule has 0 aliphatic carbocycles. The van der Waals surface area contributed by atoms with E-state index in [4.69, 9.17) is 14.6 Å². The Kier molecular flexibility index (Phi) is 4.90. The molecule has 1 atom stereocenters. The summed E-state index contributed by atoms with van der Waals surface area (Å²) in [5.41, 5.74) is 0. The van der Waals surface area contributed by atoms with Crippen LogP contribution in [0.4, 0.5) is 0 Å². The van der Waals surface area contributed by atoms with E-state index in [1.807, 2.05) is 0 Å². The number of halogens is 1. The minimum Gasteiger partial charge on any atom is -0.481 e. The van der Waals surface area contributed by atoms with Crippen molar-refractivity contribution in [2.45, 2.75) is 18.9 Å². The normalized spacial score (nSPS) is 11.8. The maximum atomic E-state index is 11.6. The Morgan fingerprint density at radius 1 is 1.33 bits per heavy atom. The number of furan rings is 1. The minimum atomic E-state index is -1.30. The van der Waals surface area contributed by atoms with Crippen LogP contribution in [0.2, 0.25) is 0 Å². The molecule has 0 bridgehead atoms. The number of aliphatic carboxylic acids is 2. The van der Waals surface area contributed by atoms with Crippen LogP contribution in [0.15, 0.2) is 21.2 Å². The summed E-state index contributed by atoms with van der Waals surface area (Å²) in [6, 6.07) is 1.59. The zero-order valence-electron chi connectivity index (χ0n) is 9.05. The zero-order chi connectivity index (χ0) is 13.7. The van der Waals surface area contributed by atoms with Gasteiger partial charge in [0.15, 0.2) is 10.4 Å². The molecule has 3 N–H and O–H groups in total. The lowest BCUT2D eigenvalue weighted by Crippen LogP contribution is -2.40. The number of carboxylic acids is 2. The van der Waals surface area contributed by atoms with Crippen molar-refractivity contribution in [1.29, 1.82) is 0 Å². The van der Waals surface area contributed by atoms with Gasteiger partial charge < -0.3 is 19.9 Å². The highest BCUT2D eigenvalue weighted by atomic mass is 79.9. The molecule has 18 heavy (non-hydrogen) atoms. The van der Waals surface area contributed by atoms with Gasteiger partial charge >= 0.3 is 11.9 Å². The van der Waals surface area contributed by atoms with Gasteiger partial charge in [-0.05, 0) is 34.5 Å². The number of amides is 1. The van der Waals surface area contributed by atoms with Crippen molar-refractivity contribution in [2.24, 2.45) is 0 Å². The predicted molar refractivity (Wildman–Crippen MR) is 62.2 cm³/mol. The average molecular weight is 320 g/mol. The standard InChI is InChI=1S/C10H10BrNO6/c11-7-3-2-6(18-7)9(15)12-5(10(16)17)1-4-8(13)14/h2-3,5H,1,4H2,(H,12,15)(H,13,14)(H,16,17)/t5-/m1/s1. The van der Waals surface area contributed by atoms with E-state index in [0.29, 0.717) is 4.67 Å². The third kappa shape index (κ3) is 4.21. The monoisotopic (exact) mass is 319 g/mol. The van der Waals surface area contributed by atoms with E-state index in [-0.39, 0.29) is 18.6 Å². The van der Waals surface area contributed by atoms with Crippen molar-refractivity contribution in [2.75, 3.05) is 0 Å². The SMILES string of the molecule is O=C(O)CC[C@@H](NC(=O)c1ccc(Br)o1)C(=O)O. The van der Waals surface area contributed by atoms with Crippen molar-refractivity contribution in [1.82, 2.24) is 5.32 Å². The number of hydrogen-bond donors (Lipinski definition) is 3. The molecule has 1 aromatic heterocycles. The maximum absolute atomic E-state index is 11.6. The molecular formula is C10H10BrNO6. The predicted octanol–water partition coefficient (Wildman–Crippen LogP) is 1.09. The van der Waals surface area contributed by atoms with Gasteiger partial charge in [-0.25, -0.2) is 4.79 Å². The molecule has 1 heterocycles. The molecule has 0 aliphatic heterocycles. The quantitative estimate of drug-likeness (QED) is 0.722. The molecule has 0 saturated carbocycles. The van der Waals surface area contributed by atoms with Gasteiger partial charge in [0.05, 0.1) is 0 Å². The number of carboxylic acid groups (broad SMARTS) is 2. The first-order chi connectivity index (χ1) is 8.40. The summed E-state index contributed by atoms with van der Waals surface area (Å²) < 4.78 is 5.28. The Labute approximate surface area is 110 Å². The fraction of sp³-hybridized carbons (Fsp3) is 0.300. The van der Waals surface area contributed by atoms with Gasteiger partial charge in [-0.1, -0.05) is 0 Å². The number of rotatable bonds is 6. The van der Waals surface area contributed by atoms with Crippen molar-refractivity contribution in [3.8, 4) is 0 Å². The second kappa shape index (κ2) is 6.20. The summed E-state index contributed by atoms with van der Waals surface area (Å²) in [6.45, 7) is 0. The zero-order valence-corrected chi connectivity index (χ0v) is 10.6. The Balaban J connectivity index is 2.63. The molecule has 1 aromatic rings. The molecule has 1 rings (SSSR count). The molecule has 7 nitrogen and oxygen atoms in total. The molecule has 0 unspecified atom stereocenters. The summed E-state index contributed by atoms with van der Waals surface area (Å²) in [6.07, 6.45) is -0.544. The minimum absolute atomic E-state index is 0.0524. The van der Waals surface area contributed by atoms with Crippen LogP contribution in [0.5, 0.6) is 0 Å². The Morgan fingerprint density at radius 2 is 2.00 bits per heavy atom. The van der Waals surface area contributed by atoms with Gasteiger partial charge in [-0.3, -0.25) is 9.59 Å². The second-order valence-corrected chi connectivity index (χ2v) is 4.18. The van der Waals surface area contributed by atoms with E-state index < -0.39 is 23.9 Å². The lowest BCUT2D eigenvalue weighted by Gasteiger charge is -2.12. The number of carbonyl (C=O) groups is 3. The van der Waals surface area contributed by atoms with Gasteiger partial charge in [0.25, 0.3) is 5.91 Å². The van der Waals surface area contributed by atoms with E-state index in [9.17, 15) is 14.4 Å². The van der Waals surface area contributed by atoms with Gasteiger partial charge in [0.2, 0.25) is 0 Å². The van der Waals surface area contributed by atoms with E-state index in [0.717, 1.165) is 0 Å². The lowest BCUT2D eigenvalue weighted by atomic mass is 10.1. The fourth-order valence-electron chi connectivity index (χ4n) is 1.19. The van der Waals surface area contributed by atoms with Gasteiger partial charge in [-0.15, -0.1) is 0 Å². The van der Waals surface area contributed by atoms with Crippen LogP contribution in [0, 0.1) is 0 Å². The van der Waals surface area contributed by atoms with E-state index in [1.54, 1.807) is 0 Å². The number of hydrogen-bond acceptors (Lipinski definition) is 4. The Hall–Kier alpha value is -1.83. The summed E-state index contributed by atoms with van der Waals surface area (Å²) in [4.78, 5) is 32.8. The highest BCUT2D eigenvalue weighted by Crippen LogP contribution is 2.14. The van der Waals surface area contributed by atoms with Crippen molar-refractivity contribution >= 4 is 33.8 Å². The van der Waals surface area contributed by atoms with Crippen LogP contribution >= 0.6 is 15.9 Å². The first kappa shape index (κ1) is 14.2. The molecule has 98 valence electrons. The van der Waals surface area contributed by atoms with Crippen LogP contribution < -0.4 is 5.32 Å². The topological polar surface area (TPSA) is 117 Å². The van der Waals surface area contributed by atoms with Gasteiger partial charge in [-0.2, -0.15) is 0 Å². The van der Waals surface area contributed by atoms with Crippen molar-refractivity contribution in [3.05, 3.63) is 22.6 Å². The largest absolute Gasteiger partial charge is 0.481 e. The smallest absolute Gasteiger partial charge is 0.326 e. The summed E-state index contributed by atoms with van der Waals surface area (Å²) in [5, 5.41) is 19.5. The number of carbonyl (C=O) groups excluding carboxylic acids is 1. The third-order valence-corrected chi connectivity index (χ3v) is 2.47. The van der Waals surface area contributed by atoms with Crippen LogP contribution in [-0.2, 0) is 9.59 Å². The summed E-state index contributed by atoms with van der Waals surface area (Å²) in [7, 11) is 0. The molecule has 0 spiro atoms. The molecule has 1 amide bonds. The van der Waals surface area contributed by atoms with Crippen molar-refractivity contribution in [3.63, 3.8) is 0 Å². The van der Waals surface area contributed by atoms with Gasteiger partial charge in [0, 0.05) is 6.42 Å². The van der Waals surface area contributed by atoms with E-state index in [1.165, 1.54) is 12.1 Å². The number of nitrogens with one attached hydrogen (secondary N) is 1.